The van der Waals surface area contributed by atoms with E-state index in [0.717, 1.165) is 0 Å². The third-order valence-corrected chi connectivity index (χ3v) is 1.04. The Morgan fingerprint density at radius 2 is 2.09 bits per heavy atom. The fraction of sp³-hybridized carbons (Fsp3) is 0.600. The van der Waals surface area contributed by atoms with E-state index in [9.17, 15) is 9.90 Å². The summed E-state index contributed by atoms with van der Waals surface area (Å²) in [5.74, 6) is -1.37. The van der Waals surface area contributed by atoms with Crippen LogP contribution >= 0.6 is 0 Å². The molecule has 0 saturated carbocycles. The molecular weight excluding hydrogens is 148 g/mol. The molecule has 0 spiro atoms. The van der Waals surface area contributed by atoms with Crippen molar-refractivity contribution in [2.24, 2.45) is 22.2 Å². The SMILES string of the molecule is NC(N)=NCCC(N)C(=O)[O-]. The average molecular weight is 159 g/mol. The predicted octanol–water partition coefficient (Wildman–Crippen LogP) is -3.27. The van der Waals surface area contributed by atoms with E-state index in [1.54, 1.807) is 0 Å². The van der Waals surface area contributed by atoms with Gasteiger partial charge in [-0.1, -0.05) is 0 Å². The maximum Gasteiger partial charge on any atom is 0.185 e. The second-order valence-corrected chi connectivity index (χ2v) is 2.02. The molecule has 0 saturated heterocycles. The van der Waals surface area contributed by atoms with Gasteiger partial charge in [-0.15, -0.1) is 0 Å². The van der Waals surface area contributed by atoms with Crippen molar-refractivity contribution in [3.05, 3.63) is 0 Å². The lowest BCUT2D eigenvalue weighted by Crippen LogP contribution is -2.42. The van der Waals surface area contributed by atoms with Crippen LogP contribution in [-0.2, 0) is 4.79 Å². The van der Waals surface area contributed by atoms with Crippen LogP contribution in [0.25, 0.3) is 0 Å². The maximum atomic E-state index is 10.0. The quantitative estimate of drug-likeness (QED) is 0.292. The fourth-order valence-corrected chi connectivity index (χ4v) is 0.451. The molecule has 0 amide bonds. The minimum Gasteiger partial charge on any atom is -0.548 e. The number of carbonyl (C=O) groups excluding carboxylic acids is 1. The van der Waals surface area contributed by atoms with Gasteiger partial charge in [0.15, 0.2) is 5.96 Å². The second-order valence-electron chi connectivity index (χ2n) is 2.02. The first-order valence-corrected chi connectivity index (χ1v) is 3.06. The van der Waals surface area contributed by atoms with Crippen molar-refractivity contribution in [1.82, 2.24) is 0 Å². The summed E-state index contributed by atoms with van der Waals surface area (Å²) < 4.78 is 0. The van der Waals surface area contributed by atoms with Crippen molar-refractivity contribution in [1.29, 1.82) is 0 Å². The molecule has 0 aliphatic heterocycles. The van der Waals surface area contributed by atoms with E-state index in [2.05, 4.69) is 4.99 Å². The summed E-state index contributed by atoms with van der Waals surface area (Å²) in [6.45, 7) is 0.206. The van der Waals surface area contributed by atoms with E-state index < -0.39 is 12.0 Å². The summed E-state index contributed by atoms with van der Waals surface area (Å²) in [7, 11) is 0. The minimum atomic E-state index is -1.30. The highest BCUT2D eigenvalue weighted by molar-refractivity contribution is 5.75. The van der Waals surface area contributed by atoms with Crippen molar-refractivity contribution >= 4 is 11.9 Å². The van der Waals surface area contributed by atoms with Crippen LogP contribution in [0, 0.1) is 0 Å². The van der Waals surface area contributed by atoms with E-state index in [0.29, 0.717) is 0 Å². The van der Waals surface area contributed by atoms with Gasteiger partial charge in [0.05, 0.1) is 5.97 Å². The van der Waals surface area contributed by atoms with E-state index in [-0.39, 0.29) is 18.9 Å². The Morgan fingerprint density at radius 1 is 1.55 bits per heavy atom. The lowest BCUT2D eigenvalue weighted by molar-refractivity contribution is -0.307. The van der Waals surface area contributed by atoms with E-state index in [1.165, 1.54) is 0 Å². The molecular formula is C5H11N4O2-. The lowest BCUT2D eigenvalue weighted by Gasteiger charge is -2.09. The maximum absolute atomic E-state index is 10.0. The number of carboxylic acids is 1. The Bertz CT molecular complexity index is 164. The van der Waals surface area contributed by atoms with Crippen LogP contribution < -0.4 is 22.3 Å². The second kappa shape index (κ2) is 4.51. The van der Waals surface area contributed by atoms with E-state index in [1.807, 2.05) is 0 Å². The van der Waals surface area contributed by atoms with Gasteiger partial charge in [-0.3, -0.25) is 4.99 Å². The fourth-order valence-electron chi connectivity index (χ4n) is 0.451. The zero-order valence-corrected chi connectivity index (χ0v) is 5.99. The molecule has 0 radical (unpaired) electrons. The van der Waals surface area contributed by atoms with Gasteiger partial charge in [-0.2, -0.15) is 0 Å². The number of nitrogens with zero attached hydrogens (tertiary/aromatic N) is 1. The number of guanidine groups is 1. The van der Waals surface area contributed by atoms with Crippen LogP contribution in [0.3, 0.4) is 0 Å². The zero-order valence-electron chi connectivity index (χ0n) is 5.99. The number of rotatable bonds is 4. The van der Waals surface area contributed by atoms with Crippen LogP contribution in [0.5, 0.6) is 0 Å². The molecule has 6 N–H and O–H groups in total. The van der Waals surface area contributed by atoms with Crippen molar-refractivity contribution < 1.29 is 9.90 Å². The highest BCUT2D eigenvalue weighted by Gasteiger charge is 2.00. The Balaban J connectivity index is 3.55. The predicted molar refractivity (Wildman–Crippen MR) is 38.3 cm³/mol. The van der Waals surface area contributed by atoms with Crippen LogP contribution in [0.1, 0.15) is 6.42 Å². The van der Waals surface area contributed by atoms with Crippen LogP contribution in [0.2, 0.25) is 0 Å². The van der Waals surface area contributed by atoms with Gasteiger partial charge in [0, 0.05) is 12.6 Å². The molecule has 1 unspecified atom stereocenters. The number of carbonyl (C=O) groups is 1. The first kappa shape index (κ1) is 9.70. The van der Waals surface area contributed by atoms with Gasteiger partial charge >= 0.3 is 0 Å². The average Bonchev–Trinajstić information content (AvgIpc) is 1.86. The van der Waals surface area contributed by atoms with Crippen LogP contribution in [0.15, 0.2) is 4.99 Å². The molecule has 0 bridgehead atoms. The molecule has 0 aromatic rings. The number of hydrogen-bond acceptors (Lipinski definition) is 4. The van der Waals surface area contributed by atoms with Gasteiger partial charge in [0.1, 0.15) is 0 Å². The molecule has 0 aliphatic carbocycles. The summed E-state index contributed by atoms with van der Waals surface area (Å²) in [5, 5.41) is 10.0. The Hall–Kier alpha value is -1.30. The molecule has 1 atom stereocenters. The van der Waals surface area contributed by atoms with Gasteiger partial charge in [0.25, 0.3) is 0 Å². The van der Waals surface area contributed by atoms with Gasteiger partial charge in [-0.05, 0) is 6.42 Å². The number of nitrogens with two attached hydrogens (primary N) is 3. The first-order chi connectivity index (χ1) is 5.04. The highest BCUT2D eigenvalue weighted by atomic mass is 16.4. The van der Waals surface area contributed by atoms with Gasteiger partial charge < -0.3 is 27.1 Å². The standard InChI is InChI=1S/C5H12N4O2/c6-3(4(10)11)1-2-9-5(7)8/h3H,1-2,6H2,(H,10,11)(H4,7,8,9)/p-1. The first-order valence-electron chi connectivity index (χ1n) is 3.06. The lowest BCUT2D eigenvalue weighted by atomic mass is 10.2. The minimum absolute atomic E-state index is 0.0736. The molecule has 0 aliphatic rings. The van der Waals surface area contributed by atoms with Crippen molar-refractivity contribution in [3.63, 3.8) is 0 Å². The summed E-state index contributed by atoms with van der Waals surface area (Å²) in [6.07, 6.45) is 0.181. The molecule has 6 heteroatoms. The van der Waals surface area contributed by atoms with E-state index in [4.69, 9.17) is 17.2 Å². The van der Waals surface area contributed by atoms with Gasteiger partial charge in [-0.25, -0.2) is 0 Å². The van der Waals surface area contributed by atoms with E-state index >= 15 is 0 Å². The van der Waals surface area contributed by atoms with Crippen molar-refractivity contribution in [3.8, 4) is 0 Å². The Labute approximate surface area is 64.1 Å². The molecule has 0 fully saturated rings. The molecule has 6 nitrogen and oxygen atoms in total. The normalized spacial score (nSPS) is 12.1. The monoisotopic (exact) mass is 159 g/mol. The largest absolute Gasteiger partial charge is 0.548 e. The number of carboxylic acid groups (broad SMARTS) is 1. The molecule has 0 aromatic carbocycles. The zero-order chi connectivity index (χ0) is 8.85. The number of hydrogen-bond donors (Lipinski definition) is 3. The van der Waals surface area contributed by atoms with Crippen molar-refractivity contribution in [2.45, 2.75) is 12.5 Å². The Kier molecular flexibility index (Phi) is 3.97. The molecule has 64 valence electrons. The summed E-state index contributed by atoms with van der Waals surface area (Å²) in [5.41, 5.74) is 15.0. The van der Waals surface area contributed by atoms with Crippen LogP contribution in [0.4, 0.5) is 0 Å². The summed E-state index contributed by atoms with van der Waals surface area (Å²) in [4.78, 5) is 13.6. The number of aliphatic carboxylic acids is 1. The molecule has 0 rings (SSSR count). The summed E-state index contributed by atoms with van der Waals surface area (Å²) in [6, 6.07) is -1.00. The molecule has 11 heavy (non-hydrogen) atoms. The number of aliphatic imine (C=N–C) groups is 1. The molecule has 0 aromatic heterocycles. The summed E-state index contributed by atoms with van der Waals surface area (Å²) >= 11 is 0. The molecule has 0 heterocycles. The third kappa shape index (κ3) is 5.16. The third-order valence-electron chi connectivity index (χ3n) is 1.04. The highest BCUT2D eigenvalue weighted by Crippen LogP contribution is 1.86. The van der Waals surface area contributed by atoms with Crippen molar-refractivity contribution in [2.75, 3.05) is 6.54 Å². The Morgan fingerprint density at radius 3 is 2.45 bits per heavy atom. The smallest absolute Gasteiger partial charge is 0.185 e. The van der Waals surface area contributed by atoms with Gasteiger partial charge in [0.2, 0.25) is 0 Å². The van der Waals surface area contributed by atoms with Crippen LogP contribution in [-0.4, -0.2) is 24.5 Å². The topological polar surface area (TPSA) is 131 Å².